The maximum absolute atomic E-state index is 12.9. The maximum atomic E-state index is 12.9. The van der Waals surface area contributed by atoms with Crippen molar-refractivity contribution in [2.24, 2.45) is 0 Å². The van der Waals surface area contributed by atoms with Gasteiger partial charge in [0.25, 0.3) is 0 Å². The first-order chi connectivity index (χ1) is 41.0. The summed E-state index contributed by atoms with van der Waals surface area (Å²) < 4.78 is 16.9. The van der Waals surface area contributed by atoms with Gasteiger partial charge < -0.3 is 14.2 Å². The third-order valence-corrected chi connectivity index (χ3v) is 15.6. The average molecular weight is 1160 g/mol. The van der Waals surface area contributed by atoms with E-state index < -0.39 is 6.10 Å². The topological polar surface area (TPSA) is 78.9 Å². The molecule has 0 radical (unpaired) electrons. The van der Waals surface area contributed by atoms with Crippen molar-refractivity contribution >= 4 is 17.9 Å². The maximum Gasteiger partial charge on any atom is 0.306 e. The third-order valence-electron chi connectivity index (χ3n) is 15.6. The molecule has 0 N–H and O–H groups in total. The summed E-state index contributed by atoms with van der Waals surface area (Å²) in [5.41, 5.74) is 0. The Balaban J connectivity index is 4.42. The van der Waals surface area contributed by atoms with Crippen LogP contribution in [0.25, 0.3) is 0 Å². The summed E-state index contributed by atoms with van der Waals surface area (Å²) >= 11 is 0. The van der Waals surface area contributed by atoms with E-state index in [0.29, 0.717) is 19.3 Å². The largest absolute Gasteiger partial charge is 0.462 e. The zero-order chi connectivity index (χ0) is 59.9. The van der Waals surface area contributed by atoms with Gasteiger partial charge in [0, 0.05) is 19.3 Å². The summed E-state index contributed by atoms with van der Waals surface area (Å²) in [6, 6.07) is 0. The predicted molar refractivity (Wildman–Crippen MR) is 362 cm³/mol. The summed E-state index contributed by atoms with van der Waals surface area (Å²) in [5.74, 6) is -0.946. The van der Waals surface area contributed by atoms with E-state index in [0.717, 1.165) is 89.9 Å². The highest BCUT2D eigenvalue weighted by atomic mass is 16.6. The van der Waals surface area contributed by atoms with Gasteiger partial charge in [-0.2, -0.15) is 0 Å². The van der Waals surface area contributed by atoms with Crippen LogP contribution in [0.15, 0.2) is 97.2 Å². The molecule has 0 amide bonds. The lowest BCUT2D eigenvalue weighted by Gasteiger charge is -2.18. The molecule has 0 bridgehead atoms. The molecule has 0 aromatic rings. The van der Waals surface area contributed by atoms with Gasteiger partial charge in [0.1, 0.15) is 13.2 Å². The van der Waals surface area contributed by atoms with E-state index in [9.17, 15) is 14.4 Å². The van der Waals surface area contributed by atoms with Crippen LogP contribution in [0.5, 0.6) is 0 Å². The number of allylic oxidation sites excluding steroid dienone is 16. The quantitative estimate of drug-likeness (QED) is 0.0261. The second-order valence-electron chi connectivity index (χ2n) is 23.8. The van der Waals surface area contributed by atoms with Crippen molar-refractivity contribution in [2.45, 2.75) is 361 Å². The highest BCUT2D eigenvalue weighted by Crippen LogP contribution is 2.18. The minimum Gasteiger partial charge on any atom is -0.462 e. The Morgan fingerprint density at radius 2 is 0.482 bits per heavy atom. The van der Waals surface area contributed by atoms with Gasteiger partial charge in [0.2, 0.25) is 0 Å². The van der Waals surface area contributed by atoms with Gasteiger partial charge in [-0.15, -0.1) is 0 Å². The second-order valence-corrected chi connectivity index (χ2v) is 23.8. The number of ether oxygens (including phenoxy) is 3. The molecule has 0 aliphatic rings. The van der Waals surface area contributed by atoms with Crippen LogP contribution < -0.4 is 0 Å². The Kier molecular flexibility index (Phi) is 67.7. The fourth-order valence-electron chi connectivity index (χ4n) is 10.3. The van der Waals surface area contributed by atoms with E-state index in [1.807, 2.05) is 0 Å². The molecule has 0 saturated carbocycles. The van der Waals surface area contributed by atoms with Gasteiger partial charge in [0.05, 0.1) is 0 Å². The molecule has 0 spiro atoms. The minimum atomic E-state index is -0.812. The van der Waals surface area contributed by atoms with E-state index in [2.05, 4.69) is 118 Å². The van der Waals surface area contributed by atoms with Crippen molar-refractivity contribution in [1.82, 2.24) is 0 Å². The van der Waals surface area contributed by atoms with Crippen molar-refractivity contribution in [3.63, 3.8) is 0 Å². The monoisotopic (exact) mass is 1160 g/mol. The number of hydrogen-bond donors (Lipinski definition) is 0. The second kappa shape index (κ2) is 70.8. The van der Waals surface area contributed by atoms with E-state index in [4.69, 9.17) is 14.2 Å². The third kappa shape index (κ3) is 69.0. The Labute approximate surface area is 515 Å². The number of hydrogen-bond acceptors (Lipinski definition) is 6. The van der Waals surface area contributed by atoms with Crippen LogP contribution in [0.4, 0.5) is 0 Å². The van der Waals surface area contributed by atoms with Gasteiger partial charge in [-0.25, -0.2) is 0 Å². The van der Waals surface area contributed by atoms with Crippen molar-refractivity contribution < 1.29 is 28.6 Å². The summed E-state index contributed by atoms with van der Waals surface area (Å²) in [5, 5.41) is 0. The van der Waals surface area contributed by atoms with E-state index in [1.54, 1.807) is 0 Å². The standard InChI is InChI=1S/C77H134O6/c1-4-7-10-13-16-19-22-25-28-31-33-35-37-38-40-41-43-46-49-52-55-58-61-64-67-70-76(79)82-73-74(72-81-75(78)69-66-63-60-57-54-51-48-45-30-27-24-21-18-15-12-9-6-3)83-77(80)71-68-65-62-59-56-53-50-47-44-42-39-36-34-32-29-26-23-20-17-14-11-8-5-2/h8,11,17,20,26-27,29-30,34,36,42,44,50,53,59,62,74H,4-7,9-10,12-16,18-19,21-25,28,31-33,35,37-41,43,45-49,51-52,54-58,60-61,63-73H2,1-3H3/b11-8-,20-17-,29-26-,30-27-,36-34-,44-42-,53-50-,62-59-. The van der Waals surface area contributed by atoms with Gasteiger partial charge >= 0.3 is 17.9 Å². The molecule has 6 heteroatoms. The summed E-state index contributed by atoms with van der Waals surface area (Å²) in [6.45, 7) is 6.52. The average Bonchev–Trinajstić information content (AvgIpc) is 3.49. The molecule has 0 aromatic heterocycles. The predicted octanol–water partition coefficient (Wildman–Crippen LogP) is 24.8. The molecule has 0 aliphatic heterocycles. The number of rotatable bonds is 65. The lowest BCUT2D eigenvalue weighted by molar-refractivity contribution is -0.167. The van der Waals surface area contributed by atoms with Crippen molar-refractivity contribution in [1.29, 1.82) is 0 Å². The Bertz CT molecular complexity index is 1610. The van der Waals surface area contributed by atoms with Crippen LogP contribution in [0.3, 0.4) is 0 Å². The van der Waals surface area contributed by atoms with Crippen molar-refractivity contribution in [3.8, 4) is 0 Å². The van der Waals surface area contributed by atoms with Gasteiger partial charge in [-0.05, 0) is 96.3 Å². The molecular weight excluding hydrogens is 1020 g/mol. The number of carbonyl (C=O) groups excluding carboxylic acids is 3. The van der Waals surface area contributed by atoms with Crippen LogP contribution in [-0.2, 0) is 28.6 Å². The summed E-state index contributed by atoms with van der Waals surface area (Å²) in [6.07, 6.45) is 95.8. The molecule has 478 valence electrons. The van der Waals surface area contributed by atoms with Crippen LogP contribution in [0, 0.1) is 0 Å². The lowest BCUT2D eigenvalue weighted by atomic mass is 10.0. The van der Waals surface area contributed by atoms with Gasteiger partial charge in [-0.3, -0.25) is 14.4 Å². The molecule has 6 nitrogen and oxygen atoms in total. The first-order valence-electron chi connectivity index (χ1n) is 35.7. The van der Waals surface area contributed by atoms with Crippen molar-refractivity contribution in [2.75, 3.05) is 13.2 Å². The van der Waals surface area contributed by atoms with Crippen LogP contribution in [-0.4, -0.2) is 37.2 Å². The number of unbranched alkanes of at least 4 members (excludes halogenated alkanes) is 38. The van der Waals surface area contributed by atoms with Crippen LogP contribution >= 0.6 is 0 Å². The molecule has 0 heterocycles. The normalized spacial score (nSPS) is 12.7. The summed E-state index contributed by atoms with van der Waals surface area (Å²) in [7, 11) is 0. The molecule has 1 atom stereocenters. The zero-order valence-electron chi connectivity index (χ0n) is 54.9. The molecule has 0 saturated heterocycles. The first-order valence-corrected chi connectivity index (χ1v) is 35.7. The molecule has 0 aliphatic carbocycles. The van der Waals surface area contributed by atoms with Crippen LogP contribution in [0.2, 0.25) is 0 Å². The molecule has 0 aromatic carbocycles. The highest BCUT2D eigenvalue weighted by molar-refractivity contribution is 5.71. The molecule has 1 unspecified atom stereocenters. The zero-order valence-corrected chi connectivity index (χ0v) is 54.9. The first kappa shape index (κ1) is 79.3. The smallest absolute Gasteiger partial charge is 0.306 e. The van der Waals surface area contributed by atoms with Crippen LogP contribution in [0.1, 0.15) is 355 Å². The molecule has 0 rings (SSSR count). The number of carbonyl (C=O) groups is 3. The fraction of sp³-hybridized carbons (Fsp3) is 0.753. The Morgan fingerprint density at radius 1 is 0.253 bits per heavy atom. The fourth-order valence-corrected chi connectivity index (χ4v) is 10.3. The minimum absolute atomic E-state index is 0.0991. The molecule has 83 heavy (non-hydrogen) atoms. The van der Waals surface area contributed by atoms with Gasteiger partial charge in [0.15, 0.2) is 6.10 Å². The Hall–Kier alpha value is -3.67. The van der Waals surface area contributed by atoms with E-state index in [1.165, 1.54) is 218 Å². The van der Waals surface area contributed by atoms with Crippen molar-refractivity contribution in [3.05, 3.63) is 97.2 Å². The molecule has 0 fully saturated rings. The SMILES string of the molecule is CC/C=C\C/C=C\C/C=C\C/C=C\C/C=C\C/C=C\C/C=C\CCCC(=O)OC(COC(=O)CCCCCCCCC/C=C\CCCCCCCC)COC(=O)CCCCCCCCCCCCCCCCCCCCCCCCCCC. The molecular formula is C77H134O6. The lowest BCUT2D eigenvalue weighted by Crippen LogP contribution is -2.30. The van der Waals surface area contributed by atoms with E-state index in [-0.39, 0.29) is 37.5 Å². The summed E-state index contributed by atoms with van der Waals surface area (Å²) in [4.78, 5) is 38.5. The number of esters is 3. The highest BCUT2D eigenvalue weighted by Gasteiger charge is 2.19. The Morgan fingerprint density at radius 3 is 0.783 bits per heavy atom. The van der Waals surface area contributed by atoms with Gasteiger partial charge in [-0.1, -0.05) is 336 Å². The van der Waals surface area contributed by atoms with E-state index >= 15 is 0 Å².